The maximum Gasteiger partial charge on any atom is 0.218 e. The third kappa shape index (κ3) is 5.64. The molecular formula is C17H31N3O. The average Bonchev–Trinajstić information content (AvgIpc) is 2.43. The highest BCUT2D eigenvalue weighted by molar-refractivity contribution is 5.28. The molecule has 0 bridgehead atoms. The highest BCUT2D eigenvalue weighted by Crippen LogP contribution is 2.22. The largest absolute Gasteiger partial charge is 0.476 e. The molecule has 21 heavy (non-hydrogen) atoms. The Balaban J connectivity index is 2.63. The molecule has 4 heteroatoms. The van der Waals surface area contributed by atoms with Gasteiger partial charge in [0.1, 0.15) is 6.61 Å². The average molecular weight is 293 g/mol. The Morgan fingerprint density at radius 1 is 1.19 bits per heavy atom. The van der Waals surface area contributed by atoms with Gasteiger partial charge in [-0.25, -0.2) is 4.98 Å². The van der Waals surface area contributed by atoms with Gasteiger partial charge in [0.2, 0.25) is 5.88 Å². The highest BCUT2D eigenvalue weighted by atomic mass is 16.5. The van der Waals surface area contributed by atoms with Crippen molar-refractivity contribution in [2.45, 2.75) is 59.7 Å². The Bertz CT molecular complexity index is 399. The van der Waals surface area contributed by atoms with Crippen molar-refractivity contribution in [2.75, 3.05) is 19.7 Å². The van der Waals surface area contributed by atoms with E-state index in [0.29, 0.717) is 18.7 Å². The van der Waals surface area contributed by atoms with Crippen molar-refractivity contribution in [1.29, 1.82) is 0 Å². The molecule has 0 amide bonds. The standard InChI is InChI=1S/C17H31N3O/c1-7-18-15(6)16-9-8-10-19-17(16)21-12-11-20(13(2)3)14(4)5/h8-10,13-15,18H,7,11-12H2,1-6H3. The van der Waals surface area contributed by atoms with E-state index in [9.17, 15) is 0 Å². The summed E-state index contributed by atoms with van der Waals surface area (Å²) in [6.07, 6.45) is 1.79. The van der Waals surface area contributed by atoms with Crippen molar-refractivity contribution in [1.82, 2.24) is 15.2 Å². The van der Waals surface area contributed by atoms with Gasteiger partial charge in [0.05, 0.1) is 0 Å². The van der Waals surface area contributed by atoms with Gasteiger partial charge in [0.25, 0.3) is 0 Å². The predicted molar refractivity (Wildman–Crippen MR) is 88.8 cm³/mol. The zero-order valence-corrected chi connectivity index (χ0v) is 14.4. The van der Waals surface area contributed by atoms with E-state index >= 15 is 0 Å². The van der Waals surface area contributed by atoms with Crippen LogP contribution in [0.15, 0.2) is 18.3 Å². The molecule has 1 N–H and O–H groups in total. The second-order valence-corrected chi connectivity index (χ2v) is 5.95. The van der Waals surface area contributed by atoms with Crippen LogP contribution in [0.2, 0.25) is 0 Å². The molecule has 1 rings (SSSR count). The fraction of sp³-hybridized carbons (Fsp3) is 0.706. The van der Waals surface area contributed by atoms with Crippen LogP contribution in [0.25, 0.3) is 0 Å². The zero-order valence-electron chi connectivity index (χ0n) is 14.4. The maximum absolute atomic E-state index is 5.94. The van der Waals surface area contributed by atoms with Gasteiger partial charge in [-0.15, -0.1) is 0 Å². The monoisotopic (exact) mass is 293 g/mol. The second kappa shape index (κ2) is 9.00. The lowest BCUT2D eigenvalue weighted by Crippen LogP contribution is -2.39. The Morgan fingerprint density at radius 2 is 1.86 bits per heavy atom. The van der Waals surface area contributed by atoms with Crippen LogP contribution < -0.4 is 10.1 Å². The summed E-state index contributed by atoms with van der Waals surface area (Å²) in [5, 5.41) is 3.41. The molecule has 0 aliphatic rings. The zero-order chi connectivity index (χ0) is 15.8. The van der Waals surface area contributed by atoms with E-state index in [2.05, 4.69) is 62.8 Å². The Labute approximate surface area is 129 Å². The third-order valence-electron chi connectivity index (χ3n) is 3.69. The van der Waals surface area contributed by atoms with Crippen LogP contribution in [0.3, 0.4) is 0 Å². The van der Waals surface area contributed by atoms with Crippen LogP contribution in [0.1, 0.15) is 53.1 Å². The lowest BCUT2D eigenvalue weighted by atomic mass is 10.1. The number of nitrogens with zero attached hydrogens (tertiary/aromatic N) is 2. The van der Waals surface area contributed by atoms with E-state index in [1.165, 1.54) is 0 Å². The van der Waals surface area contributed by atoms with Crippen molar-refractivity contribution in [2.24, 2.45) is 0 Å². The molecule has 0 saturated heterocycles. The molecule has 1 unspecified atom stereocenters. The molecule has 0 aliphatic carbocycles. The maximum atomic E-state index is 5.94. The first-order valence-corrected chi connectivity index (χ1v) is 8.04. The lowest BCUT2D eigenvalue weighted by molar-refractivity contribution is 0.139. The molecule has 0 aromatic carbocycles. The summed E-state index contributed by atoms with van der Waals surface area (Å²) < 4.78 is 5.94. The molecule has 1 atom stereocenters. The van der Waals surface area contributed by atoms with Crippen LogP contribution >= 0.6 is 0 Å². The lowest BCUT2D eigenvalue weighted by Gasteiger charge is -2.30. The normalized spacial score (nSPS) is 13.2. The highest BCUT2D eigenvalue weighted by Gasteiger charge is 2.15. The molecule has 1 aromatic rings. The third-order valence-corrected chi connectivity index (χ3v) is 3.69. The molecular weight excluding hydrogens is 262 g/mol. The number of hydrogen-bond donors (Lipinski definition) is 1. The molecule has 0 fully saturated rings. The number of hydrogen-bond acceptors (Lipinski definition) is 4. The quantitative estimate of drug-likeness (QED) is 0.758. The van der Waals surface area contributed by atoms with Gasteiger partial charge in [-0.05, 0) is 47.2 Å². The van der Waals surface area contributed by atoms with Crippen LogP contribution in [-0.2, 0) is 0 Å². The number of ether oxygens (including phenoxy) is 1. The molecule has 1 heterocycles. The van der Waals surface area contributed by atoms with Crippen molar-refractivity contribution < 1.29 is 4.74 Å². The first-order chi connectivity index (χ1) is 9.97. The summed E-state index contributed by atoms with van der Waals surface area (Å²) in [6.45, 7) is 15.7. The molecule has 0 radical (unpaired) electrons. The minimum atomic E-state index is 0.255. The van der Waals surface area contributed by atoms with Gasteiger partial charge in [0, 0.05) is 36.4 Å². The molecule has 0 saturated carbocycles. The van der Waals surface area contributed by atoms with Gasteiger partial charge in [0.15, 0.2) is 0 Å². The smallest absolute Gasteiger partial charge is 0.218 e. The summed E-state index contributed by atoms with van der Waals surface area (Å²) in [5.41, 5.74) is 1.12. The van der Waals surface area contributed by atoms with Gasteiger partial charge in [-0.2, -0.15) is 0 Å². The molecule has 4 nitrogen and oxygen atoms in total. The van der Waals surface area contributed by atoms with E-state index in [1.807, 2.05) is 6.07 Å². The fourth-order valence-corrected chi connectivity index (χ4v) is 2.63. The number of nitrogens with one attached hydrogen (secondary N) is 1. The summed E-state index contributed by atoms with van der Waals surface area (Å²) in [4.78, 5) is 6.81. The minimum absolute atomic E-state index is 0.255. The summed E-state index contributed by atoms with van der Waals surface area (Å²) >= 11 is 0. The van der Waals surface area contributed by atoms with Crippen LogP contribution in [0.5, 0.6) is 5.88 Å². The Morgan fingerprint density at radius 3 is 2.43 bits per heavy atom. The van der Waals surface area contributed by atoms with Crippen LogP contribution in [0, 0.1) is 0 Å². The Hall–Kier alpha value is -1.13. The van der Waals surface area contributed by atoms with Crippen molar-refractivity contribution in [3.05, 3.63) is 23.9 Å². The second-order valence-electron chi connectivity index (χ2n) is 5.95. The summed E-state index contributed by atoms with van der Waals surface area (Å²) in [5.74, 6) is 0.749. The van der Waals surface area contributed by atoms with E-state index in [1.54, 1.807) is 6.20 Å². The number of pyridine rings is 1. The van der Waals surface area contributed by atoms with Gasteiger partial charge >= 0.3 is 0 Å². The fourth-order valence-electron chi connectivity index (χ4n) is 2.63. The summed E-state index contributed by atoms with van der Waals surface area (Å²) in [7, 11) is 0. The number of aromatic nitrogens is 1. The topological polar surface area (TPSA) is 37.4 Å². The van der Waals surface area contributed by atoms with E-state index < -0.39 is 0 Å². The molecule has 1 aromatic heterocycles. The first kappa shape index (κ1) is 17.9. The van der Waals surface area contributed by atoms with E-state index in [-0.39, 0.29) is 6.04 Å². The SMILES string of the molecule is CCNC(C)c1cccnc1OCCN(C(C)C)C(C)C. The summed E-state index contributed by atoms with van der Waals surface area (Å²) in [6, 6.07) is 5.35. The van der Waals surface area contributed by atoms with E-state index in [4.69, 9.17) is 4.74 Å². The molecule has 0 aliphatic heterocycles. The van der Waals surface area contributed by atoms with Gasteiger partial charge < -0.3 is 10.1 Å². The Kier molecular flexibility index (Phi) is 7.68. The van der Waals surface area contributed by atoms with Crippen molar-refractivity contribution in [3.8, 4) is 5.88 Å². The predicted octanol–water partition coefficient (Wildman–Crippen LogP) is 3.25. The van der Waals surface area contributed by atoms with Gasteiger partial charge in [-0.3, -0.25) is 4.90 Å². The molecule has 0 spiro atoms. The number of rotatable bonds is 9. The molecule has 120 valence electrons. The van der Waals surface area contributed by atoms with Crippen LogP contribution in [0.4, 0.5) is 0 Å². The van der Waals surface area contributed by atoms with E-state index in [0.717, 1.165) is 24.5 Å². The van der Waals surface area contributed by atoms with Crippen molar-refractivity contribution in [3.63, 3.8) is 0 Å². The van der Waals surface area contributed by atoms with Gasteiger partial charge in [-0.1, -0.05) is 13.0 Å². The van der Waals surface area contributed by atoms with Crippen LogP contribution in [-0.4, -0.2) is 41.7 Å². The first-order valence-electron chi connectivity index (χ1n) is 8.04. The minimum Gasteiger partial charge on any atom is -0.476 e. The van der Waals surface area contributed by atoms with Crippen molar-refractivity contribution >= 4 is 0 Å².